The van der Waals surface area contributed by atoms with Gasteiger partial charge >= 0.3 is 0 Å². The molecule has 3 rings (SSSR count). The van der Waals surface area contributed by atoms with Crippen LogP contribution in [-0.2, 0) is 11.3 Å². The summed E-state index contributed by atoms with van der Waals surface area (Å²) in [6.45, 7) is 5.71. The maximum Gasteiger partial charge on any atom is 0.161 e. The van der Waals surface area contributed by atoms with Gasteiger partial charge in [0.05, 0.1) is 32.6 Å². The highest BCUT2D eigenvalue weighted by atomic mass is 32.1. The first-order valence-electron chi connectivity index (χ1n) is 7.70. The van der Waals surface area contributed by atoms with Crippen LogP contribution in [0.4, 0.5) is 0 Å². The van der Waals surface area contributed by atoms with Gasteiger partial charge in [0.2, 0.25) is 0 Å². The zero-order chi connectivity index (χ0) is 16.2. The van der Waals surface area contributed by atoms with Gasteiger partial charge in [-0.25, -0.2) is 4.98 Å². The van der Waals surface area contributed by atoms with Crippen molar-refractivity contribution >= 4 is 11.3 Å². The van der Waals surface area contributed by atoms with Crippen LogP contribution < -0.4 is 9.47 Å². The van der Waals surface area contributed by atoms with Crippen LogP contribution in [0.2, 0.25) is 0 Å². The lowest BCUT2D eigenvalue weighted by atomic mass is 10.2. The van der Waals surface area contributed by atoms with E-state index in [1.807, 2.05) is 18.2 Å². The number of aromatic nitrogens is 1. The number of hydrogen-bond donors (Lipinski definition) is 0. The van der Waals surface area contributed by atoms with E-state index in [9.17, 15) is 0 Å². The summed E-state index contributed by atoms with van der Waals surface area (Å²) >= 11 is 1.66. The Morgan fingerprint density at radius 3 is 2.87 bits per heavy atom. The average Bonchev–Trinajstić information content (AvgIpc) is 3.02. The van der Waals surface area contributed by atoms with Gasteiger partial charge in [-0.15, -0.1) is 11.3 Å². The summed E-state index contributed by atoms with van der Waals surface area (Å²) in [5, 5.41) is 3.13. The monoisotopic (exact) mass is 334 g/mol. The molecule has 0 spiro atoms. The Morgan fingerprint density at radius 2 is 2.13 bits per heavy atom. The maximum absolute atomic E-state index is 5.58. The number of thiazole rings is 1. The Morgan fingerprint density at radius 1 is 1.30 bits per heavy atom. The van der Waals surface area contributed by atoms with Gasteiger partial charge in [0.15, 0.2) is 11.5 Å². The molecular weight excluding hydrogens is 312 g/mol. The molecule has 2 aromatic rings. The van der Waals surface area contributed by atoms with Crippen molar-refractivity contribution < 1.29 is 14.2 Å². The van der Waals surface area contributed by atoms with E-state index in [0.29, 0.717) is 6.10 Å². The molecule has 1 atom stereocenters. The van der Waals surface area contributed by atoms with Crippen molar-refractivity contribution in [1.82, 2.24) is 9.88 Å². The molecule has 0 saturated carbocycles. The second-order valence-electron chi connectivity index (χ2n) is 5.63. The fourth-order valence-corrected chi connectivity index (χ4v) is 3.55. The van der Waals surface area contributed by atoms with E-state index < -0.39 is 0 Å². The fraction of sp³-hybridized carbons (Fsp3) is 0.471. The number of ether oxygens (including phenoxy) is 3. The Hall–Kier alpha value is -1.63. The lowest BCUT2D eigenvalue weighted by Gasteiger charge is -2.30. The van der Waals surface area contributed by atoms with Crippen LogP contribution >= 0.6 is 11.3 Å². The van der Waals surface area contributed by atoms with Crippen LogP contribution in [0.1, 0.15) is 12.6 Å². The maximum atomic E-state index is 5.58. The number of rotatable bonds is 5. The standard InChI is InChI=1S/C17H22N2O3S/c1-12-9-19(6-7-22-12)10-14-11-23-17(18-14)13-4-5-15(20-2)16(8-13)21-3/h4-5,8,11-12H,6-7,9-10H2,1-3H3/t12-/m0/s1. The minimum atomic E-state index is 0.299. The highest BCUT2D eigenvalue weighted by Crippen LogP contribution is 2.33. The Kier molecular flexibility index (Phi) is 5.15. The van der Waals surface area contributed by atoms with E-state index in [4.69, 9.17) is 19.2 Å². The van der Waals surface area contributed by atoms with E-state index in [-0.39, 0.29) is 0 Å². The Balaban J connectivity index is 1.74. The first-order chi connectivity index (χ1) is 11.2. The van der Waals surface area contributed by atoms with Crippen molar-refractivity contribution in [2.45, 2.75) is 19.6 Å². The van der Waals surface area contributed by atoms with Crippen LogP contribution in [0.25, 0.3) is 10.6 Å². The molecule has 0 radical (unpaired) electrons. The van der Waals surface area contributed by atoms with Gasteiger partial charge < -0.3 is 14.2 Å². The summed E-state index contributed by atoms with van der Waals surface area (Å²) in [6.07, 6.45) is 0.299. The van der Waals surface area contributed by atoms with E-state index >= 15 is 0 Å². The first kappa shape index (κ1) is 16.2. The van der Waals surface area contributed by atoms with E-state index in [1.54, 1.807) is 25.6 Å². The van der Waals surface area contributed by atoms with Crippen molar-refractivity contribution in [3.63, 3.8) is 0 Å². The fourth-order valence-electron chi connectivity index (χ4n) is 2.74. The van der Waals surface area contributed by atoms with Crippen molar-refractivity contribution in [2.24, 2.45) is 0 Å². The number of morpholine rings is 1. The van der Waals surface area contributed by atoms with Crippen LogP contribution in [0.5, 0.6) is 11.5 Å². The summed E-state index contributed by atoms with van der Waals surface area (Å²) in [6, 6.07) is 5.90. The summed E-state index contributed by atoms with van der Waals surface area (Å²) in [4.78, 5) is 7.16. The third-order valence-electron chi connectivity index (χ3n) is 3.89. The van der Waals surface area contributed by atoms with Crippen LogP contribution in [0.3, 0.4) is 0 Å². The summed E-state index contributed by atoms with van der Waals surface area (Å²) in [5.41, 5.74) is 2.16. The smallest absolute Gasteiger partial charge is 0.161 e. The molecule has 1 aromatic carbocycles. The second kappa shape index (κ2) is 7.29. The van der Waals surface area contributed by atoms with Gasteiger partial charge in [-0.3, -0.25) is 4.90 Å². The lowest BCUT2D eigenvalue weighted by Crippen LogP contribution is -2.40. The van der Waals surface area contributed by atoms with Crippen molar-refractivity contribution in [1.29, 1.82) is 0 Å². The first-order valence-corrected chi connectivity index (χ1v) is 8.58. The molecule has 1 aromatic heterocycles. The zero-order valence-corrected chi connectivity index (χ0v) is 14.6. The normalized spacial score (nSPS) is 18.8. The number of nitrogens with zero attached hydrogens (tertiary/aromatic N) is 2. The van der Waals surface area contributed by atoms with Crippen LogP contribution in [0.15, 0.2) is 23.6 Å². The number of benzene rings is 1. The molecule has 2 heterocycles. The third-order valence-corrected chi connectivity index (χ3v) is 4.83. The lowest BCUT2D eigenvalue weighted by molar-refractivity contribution is -0.0215. The molecule has 5 nitrogen and oxygen atoms in total. The van der Waals surface area contributed by atoms with Gasteiger partial charge in [0.1, 0.15) is 5.01 Å². The summed E-state index contributed by atoms with van der Waals surface area (Å²) in [7, 11) is 3.29. The molecular formula is C17H22N2O3S. The predicted molar refractivity (Wildman–Crippen MR) is 91.3 cm³/mol. The molecule has 6 heteroatoms. The second-order valence-corrected chi connectivity index (χ2v) is 6.49. The molecule has 1 saturated heterocycles. The molecule has 1 aliphatic rings. The van der Waals surface area contributed by atoms with Crippen LogP contribution in [0, 0.1) is 0 Å². The molecule has 0 bridgehead atoms. The SMILES string of the molecule is COc1ccc(-c2nc(CN3CCO[C@@H](C)C3)cs2)cc1OC. The van der Waals surface area contributed by atoms with Crippen molar-refractivity contribution in [2.75, 3.05) is 33.9 Å². The Labute approximate surface area is 140 Å². The minimum Gasteiger partial charge on any atom is -0.493 e. The summed E-state index contributed by atoms with van der Waals surface area (Å²) < 4.78 is 16.2. The van der Waals surface area contributed by atoms with Gasteiger partial charge in [0, 0.05) is 30.6 Å². The van der Waals surface area contributed by atoms with Crippen molar-refractivity contribution in [3.8, 4) is 22.1 Å². The molecule has 0 unspecified atom stereocenters. The molecule has 1 fully saturated rings. The molecule has 0 aliphatic carbocycles. The zero-order valence-electron chi connectivity index (χ0n) is 13.7. The van der Waals surface area contributed by atoms with Gasteiger partial charge in [-0.05, 0) is 25.1 Å². The predicted octanol–water partition coefficient (Wildman–Crippen LogP) is 3.05. The quantitative estimate of drug-likeness (QED) is 0.841. The van der Waals surface area contributed by atoms with Gasteiger partial charge in [-0.2, -0.15) is 0 Å². The summed E-state index contributed by atoms with van der Waals surface area (Å²) in [5.74, 6) is 1.46. The highest BCUT2D eigenvalue weighted by molar-refractivity contribution is 7.13. The molecule has 0 N–H and O–H groups in total. The average molecular weight is 334 g/mol. The molecule has 1 aliphatic heterocycles. The van der Waals surface area contributed by atoms with Crippen molar-refractivity contribution in [3.05, 3.63) is 29.3 Å². The Bertz CT molecular complexity index is 659. The third kappa shape index (κ3) is 3.83. The van der Waals surface area contributed by atoms with Gasteiger partial charge in [0.25, 0.3) is 0 Å². The molecule has 124 valence electrons. The number of methoxy groups -OCH3 is 2. The van der Waals surface area contributed by atoms with E-state index in [2.05, 4.69) is 17.2 Å². The molecule has 23 heavy (non-hydrogen) atoms. The van der Waals surface area contributed by atoms with E-state index in [0.717, 1.165) is 54.0 Å². The molecule has 0 amide bonds. The topological polar surface area (TPSA) is 43.8 Å². The van der Waals surface area contributed by atoms with Crippen LogP contribution in [-0.4, -0.2) is 49.9 Å². The minimum absolute atomic E-state index is 0.299. The highest BCUT2D eigenvalue weighted by Gasteiger charge is 2.18. The van der Waals surface area contributed by atoms with Gasteiger partial charge in [-0.1, -0.05) is 0 Å². The number of hydrogen-bond acceptors (Lipinski definition) is 6. The van der Waals surface area contributed by atoms with E-state index in [1.165, 1.54) is 0 Å². The largest absolute Gasteiger partial charge is 0.493 e.